The van der Waals surface area contributed by atoms with Gasteiger partial charge in [0.2, 0.25) is 15.9 Å². The molecule has 0 heterocycles. The van der Waals surface area contributed by atoms with Gasteiger partial charge in [-0.1, -0.05) is 6.07 Å². The summed E-state index contributed by atoms with van der Waals surface area (Å²) in [7, 11) is -2.41. The van der Waals surface area contributed by atoms with Crippen LogP contribution in [0.25, 0.3) is 0 Å². The number of carbonyl (C=O) groups is 2. The number of hydrogen-bond donors (Lipinski definition) is 2. The van der Waals surface area contributed by atoms with Gasteiger partial charge in [0.25, 0.3) is 5.91 Å². The van der Waals surface area contributed by atoms with Gasteiger partial charge in [0, 0.05) is 24.8 Å². The largest absolute Gasteiger partial charge is 0.352 e. The average Bonchev–Trinajstić information content (AvgIpc) is 2.64. The van der Waals surface area contributed by atoms with Crippen LogP contribution in [0.2, 0.25) is 0 Å². The highest BCUT2D eigenvalue weighted by atomic mass is 32.2. The number of likely N-dealkylation sites (N-methyl/N-ethyl adjacent to an activating group) is 1. The maximum Gasteiger partial charge on any atom is 0.251 e. The van der Waals surface area contributed by atoms with Crippen molar-refractivity contribution in [3.8, 4) is 0 Å². The SMILES string of the molecule is CCNC(=O)c1ccc(NC(=O)CN(C)S(=O)(=O)c2ccc(C)c(C)c2)cc1. The number of nitrogens with one attached hydrogen (secondary N) is 2. The molecule has 7 nitrogen and oxygen atoms in total. The first-order chi connectivity index (χ1) is 13.1. The Morgan fingerprint density at radius 2 is 1.64 bits per heavy atom. The van der Waals surface area contributed by atoms with E-state index in [9.17, 15) is 18.0 Å². The minimum Gasteiger partial charge on any atom is -0.352 e. The Kier molecular flexibility index (Phi) is 6.93. The van der Waals surface area contributed by atoms with Crippen molar-refractivity contribution in [3.63, 3.8) is 0 Å². The van der Waals surface area contributed by atoms with Crippen LogP contribution in [0.5, 0.6) is 0 Å². The monoisotopic (exact) mass is 403 g/mol. The molecule has 0 aliphatic carbocycles. The molecule has 0 saturated carbocycles. The molecule has 0 bridgehead atoms. The van der Waals surface area contributed by atoms with E-state index in [0.717, 1.165) is 15.4 Å². The quantitative estimate of drug-likeness (QED) is 0.742. The Hall–Kier alpha value is -2.71. The maximum atomic E-state index is 12.7. The van der Waals surface area contributed by atoms with Crippen molar-refractivity contribution >= 4 is 27.5 Å². The third kappa shape index (κ3) is 5.17. The molecule has 28 heavy (non-hydrogen) atoms. The normalized spacial score (nSPS) is 11.3. The summed E-state index contributed by atoms with van der Waals surface area (Å²) in [6.07, 6.45) is 0. The van der Waals surface area contributed by atoms with E-state index in [4.69, 9.17) is 0 Å². The predicted molar refractivity (Wildman–Crippen MR) is 109 cm³/mol. The van der Waals surface area contributed by atoms with Crippen LogP contribution < -0.4 is 10.6 Å². The van der Waals surface area contributed by atoms with Gasteiger partial charge < -0.3 is 10.6 Å². The van der Waals surface area contributed by atoms with Crippen molar-refractivity contribution in [2.75, 3.05) is 25.5 Å². The third-order valence-corrected chi connectivity index (χ3v) is 6.12. The number of benzene rings is 2. The fourth-order valence-corrected chi connectivity index (χ4v) is 3.72. The maximum absolute atomic E-state index is 12.7. The van der Waals surface area contributed by atoms with E-state index in [2.05, 4.69) is 10.6 Å². The van der Waals surface area contributed by atoms with E-state index in [1.165, 1.54) is 13.1 Å². The number of nitrogens with zero attached hydrogens (tertiary/aromatic N) is 1. The zero-order valence-corrected chi connectivity index (χ0v) is 17.3. The van der Waals surface area contributed by atoms with Crippen molar-refractivity contribution in [2.45, 2.75) is 25.7 Å². The van der Waals surface area contributed by atoms with Crippen LogP contribution in [-0.2, 0) is 14.8 Å². The van der Waals surface area contributed by atoms with Gasteiger partial charge >= 0.3 is 0 Å². The zero-order valence-electron chi connectivity index (χ0n) is 16.4. The van der Waals surface area contributed by atoms with Crippen molar-refractivity contribution in [2.24, 2.45) is 0 Å². The number of rotatable bonds is 7. The number of carbonyl (C=O) groups excluding carboxylic acids is 2. The van der Waals surface area contributed by atoms with E-state index in [0.29, 0.717) is 17.8 Å². The summed E-state index contributed by atoms with van der Waals surface area (Å²) < 4.78 is 26.3. The van der Waals surface area contributed by atoms with Gasteiger partial charge in [0.1, 0.15) is 0 Å². The number of amides is 2. The summed E-state index contributed by atoms with van der Waals surface area (Å²) in [5.41, 5.74) is 2.82. The molecule has 0 saturated heterocycles. The second-order valence-corrected chi connectivity index (χ2v) is 8.54. The van der Waals surface area contributed by atoms with Crippen molar-refractivity contribution in [1.29, 1.82) is 0 Å². The smallest absolute Gasteiger partial charge is 0.251 e. The Bertz CT molecular complexity index is 969. The molecule has 2 aromatic carbocycles. The molecular formula is C20H25N3O4S. The average molecular weight is 404 g/mol. The fraction of sp³-hybridized carbons (Fsp3) is 0.300. The molecule has 0 aliphatic rings. The minimum absolute atomic E-state index is 0.150. The molecule has 2 rings (SSSR count). The van der Waals surface area contributed by atoms with Crippen LogP contribution >= 0.6 is 0 Å². The van der Waals surface area contributed by atoms with E-state index in [-0.39, 0.29) is 17.3 Å². The van der Waals surface area contributed by atoms with Crippen LogP contribution in [0.1, 0.15) is 28.4 Å². The van der Waals surface area contributed by atoms with Gasteiger partial charge in [-0.15, -0.1) is 0 Å². The van der Waals surface area contributed by atoms with Crippen molar-refractivity contribution in [3.05, 3.63) is 59.2 Å². The second kappa shape index (κ2) is 8.99. The lowest BCUT2D eigenvalue weighted by Gasteiger charge is -2.17. The first-order valence-corrected chi connectivity index (χ1v) is 10.3. The molecule has 2 aromatic rings. The Morgan fingerprint density at radius 1 is 1.00 bits per heavy atom. The molecule has 0 fully saturated rings. The molecular weight excluding hydrogens is 378 g/mol. The summed E-state index contributed by atoms with van der Waals surface area (Å²) >= 11 is 0. The van der Waals surface area contributed by atoms with Gasteiger partial charge in [-0.2, -0.15) is 4.31 Å². The highest BCUT2D eigenvalue weighted by Gasteiger charge is 2.23. The lowest BCUT2D eigenvalue weighted by molar-refractivity contribution is -0.116. The minimum atomic E-state index is -3.77. The van der Waals surface area contributed by atoms with Crippen molar-refractivity contribution in [1.82, 2.24) is 9.62 Å². The highest BCUT2D eigenvalue weighted by molar-refractivity contribution is 7.89. The number of hydrogen-bond acceptors (Lipinski definition) is 4. The van der Waals surface area contributed by atoms with Crippen LogP contribution in [0.3, 0.4) is 0 Å². The van der Waals surface area contributed by atoms with Gasteiger partial charge in [-0.05, 0) is 68.3 Å². The molecule has 0 unspecified atom stereocenters. The lowest BCUT2D eigenvalue weighted by Crippen LogP contribution is -2.35. The van der Waals surface area contributed by atoms with Gasteiger partial charge in [0.15, 0.2) is 0 Å². The van der Waals surface area contributed by atoms with E-state index in [1.807, 2.05) is 20.8 Å². The predicted octanol–water partition coefficient (Wildman–Crippen LogP) is 2.31. The number of aryl methyl sites for hydroxylation is 2. The molecule has 2 amide bonds. The first-order valence-electron chi connectivity index (χ1n) is 8.87. The molecule has 0 aromatic heterocycles. The lowest BCUT2D eigenvalue weighted by atomic mass is 10.1. The molecule has 150 valence electrons. The first kappa shape index (κ1) is 21.6. The summed E-state index contributed by atoms with van der Waals surface area (Å²) in [5, 5.41) is 5.33. The number of sulfonamides is 1. The van der Waals surface area contributed by atoms with E-state index in [1.54, 1.807) is 36.4 Å². The molecule has 0 aliphatic heterocycles. The van der Waals surface area contributed by atoms with E-state index >= 15 is 0 Å². The topological polar surface area (TPSA) is 95.6 Å². The summed E-state index contributed by atoms with van der Waals surface area (Å²) in [6, 6.07) is 11.3. The van der Waals surface area contributed by atoms with Crippen LogP contribution in [-0.4, -0.2) is 44.7 Å². The zero-order chi connectivity index (χ0) is 20.9. The van der Waals surface area contributed by atoms with Gasteiger partial charge in [-0.3, -0.25) is 9.59 Å². The standard InChI is InChI=1S/C20H25N3O4S/c1-5-21-20(25)16-7-9-17(10-8-16)22-19(24)13-23(4)28(26,27)18-11-6-14(2)15(3)12-18/h6-12H,5,13H2,1-4H3,(H,21,25)(H,22,24). The highest BCUT2D eigenvalue weighted by Crippen LogP contribution is 2.18. The summed E-state index contributed by atoms with van der Waals surface area (Å²) in [4.78, 5) is 24.1. The van der Waals surface area contributed by atoms with Crippen LogP contribution in [0, 0.1) is 13.8 Å². The fourth-order valence-electron chi connectivity index (χ4n) is 2.51. The van der Waals surface area contributed by atoms with E-state index < -0.39 is 15.9 Å². The second-order valence-electron chi connectivity index (χ2n) is 6.49. The third-order valence-electron chi connectivity index (χ3n) is 4.32. The summed E-state index contributed by atoms with van der Waals surface area (Å²) in [6.45, 7) is 5.77. The molecule has 2 N–H and O–H groups in total. The Labute approximate surface area is 165 Å². The summed E-state index contributed by atoms with van der Waals surface area (Å²) in [5.74, 6) is -0.666. The van der Waals surface area contributed by atoms with Crippen molar-refractivity contribution < 1.29 is 18.0 Å². The van der Waals surface area contributed by atoms with Crippen LogP contribution in [0.15, 0.2) is 47.4 Å². The van der Waals surface area contributed by atoms with Gasteiger partial charge in [0.05, 0.1) is 11.4 Å². The Balaban J connectivity index is 2.03. The molecule has 0 radical (unpaired) electrons. The molecule has 0 atom stereocenters. The molecule has 8 heteroatoms. The Morgan fingerprint density at radius 3 is 2.21 bits per heavy atom. The van der Waals surface area contributed by atoms with Crippen LogP contribution in [0.4, 0.5) is 5.69 Å². The molecule has 0 spiro atoms. The number of anilines is 1. The van der Waals surface area contributed by atoms with Gasteiger partial charge in [-0.25, -0.2) is 8.42 Å².